The van der Waals surface area contributed by atoms with Gasteiger partial charge in [-0.3, -0.25) is 4.79 Å². The molecule has 0 fully saturated rings. The minimum absolute atomic E-state index is 0.0546. The smallest absolute Gasteiger partial charge is 0.135 e. The van der Waals surface area contributed by atoms with E-state index in [1.54, 1.807) is 14.0 Å². The van der Waals surface area contributed by atoms with Crippen LogP contribution < -0.4 is 0 Å². The Morgan fingerprint density at radius 3 is 2.25 bits per heavy atom. The summed E-state index contributed by atoms with van der Waals surface area (Å²) in [6, 6.07) is 0. The molecule has 2 nitrogen and oxygen atoms in total. The summed E-state index contributed by atoms with van der Waals surface area (Å²) in [5.74, 6) is 0.112. The van der Waals surface area contributed by atoms with Crippen LogP contribution in [0.2, 0.25) is 0 Å². The lowest BCUT2D eigenvalue weighted by atomic mass is 9.96. The predicted molar refractivity (Wildman–Crippen MR) is 58.4 cm³/mol. The van der Waals surface area contributed by atoms with Crippen LogP contribution in [0.5, 0.6) is 0 Å². The van der Waals surface area contributed by atoms with Gasteiger partial charge in [-0.25, -0.2) is 0 Å². The molecule has 0 bridgehead atoms. The molecule has 0 aromatic carbocycles. The quantitative estimate of drug-likeness (QED) is 0.741. The van der Waals surface area contributed by atoms with E-state index in [4.69, 9.17) is 4.74 Å². The molecule has 0 spiro atoms. The molecular formula is C9H15IO2. The van der Waals surface area contributed by atoms with E-state index < -0.39 is 0 Å². The van der Waals surface area contributed by atoms with E-state index in [0.29, 0.717) is 0 Å². The Kier molecular flexibility index (Phi) is 5.74. The molecule has 3 heteroatoms. The van der Waals surface area contributed by atoms with Crippen molar-refractivity contribution >= 4 is 28.4 Å². The lowest BCUT2D eigenvalue weighted by Gasteiger charge is -2.20. The average molecular weight is 282 g/mol. The van der Waals surface area contributed by atoms with Gasteiger partial charge < -0.3 is 4.74 Å². The van der Waals surface area contributed by atoms with Gasteiger partial charge in [0.05, 0.1) is 6.10 Å². The molecule has 70 valence electrons. The molecule has 0 aliphatic rings. The second-order valence-electron chi connectivity index (χ2n) is 2.91. The molecule has 0 amide bonds. The first-order valence-corrected chi connectivity index (χ1v) is 5.09. The fraction of sp³-hybridized carbons (Fsp3) is 0.667. The fourth-order valence-corrected chi connectivity index (χ4v) is 1.41. The SMILES string of the molecule is CO[C@@H](/C(C)=C/I)[C@@H](C)C(C)=O. The summed E-state index contributed by atoms with van der Waals surface area (Å²) < 4.78 is 7.18. The third-order valence-electron chi connectivity index (χ3n) is 1.97. The highest BCUT2D eigenvalue weighted by Crippen LogP contribution is 2.17. The summed E-state index contributed by atoms with van der Waals surface area (Å²) >= 11 is 2.16. The van der Waals surface area contributed by atoms with Crippen LogP contribution in [-0.2, 0) is 9.53 Å². The second-order valence-corrected chi connectivity index (χ2v) is 3.53. The van der Waals surface area contributed by atoms with Gasteiger partial charge in [0.15, 0.2) is 0 Å². The van der Waals surface area contributed by atoms with E-state index in [9.17, 15) is 4.79 Å². The molecule has 0 heterocycles. The second kappa shape index (κ2) is 5.70. The van der Waals surface area contributed by atoms with Crippen molar-refractivity contribution in [3.8, 4) is 0 Å². The van der Waals surface area contributed by atoms with Crippen molar-refractivity contribution in [2.45, 2.75) is 26.9 Å². The summed E-state index contributed by atoms with van der Waals surface area (Å²) in [6.07, 6.45) is -0.0700. The fourth-order valence-electron chi connectivity index (χ4n) is 1.06. The Labute approximate surface area is 87.5 Å². The number of halogens is 1. The van der Waals surface area contributed by atoms with Gasteiger partial charge in [-0.2, -0.15) is 0 Å². The monoisotopic (exact) mass is 282 g/mol. The summed E-state index contributed by atoms with van der Waals surface area (Å²) in [4.78, 5) is 11.1. The van der Waals surface area contributed by atoms with Gasteiger partial charge in [0.2, 0.25) is 0 Å². The molecule has 0 radical (unpaired) electrons. The predicted octanol–water partition coefficient (Wildman–Crippen LogP) is 2.57. The molecule has 0 aliphatic heterocycles. The van der Waals surface area contributed by atoms with Gasteiger partial charge in [-0.1, -0.05) is 29.5 Å². The third kappa shape index (κ3) is 3.23. The van der Waals surface area contributed by atoms with Gasteiger partial charge in [-0.05, 0) is 23.5 Å². The largest absolute Gasteiger partial charge is 0.376 e. The van der Waals surface area contributed by atoms with Gasteiger partial charge in [0.25, 0.3) is 0 Å². The molecule has 0 rings (SSSR count). The summed E-state index contributed by atoms with van der Waals surface area (Å²) in [5, 5.41) is 0. The van der Waals surface area contributed by atoms with E-state index in [-0.39, 0.29) is 17.8 Å². The Morgan fingerprint density at radius 2 is 2.00 bits per heavy atom. The lowest BCUT2D eigenvalue weighted by Crippen LogP contribution is -2.26. The molecule has 2 atom stereocenters. The Morgan fingerprint density at radius 1 is 1.50 bits per heavy atom. The Balaban J connectivity index is 4.45. The van der Waals surface area contributed by atoms with Crippen LogP contribution >= 0.6 is 22.6 Å². The molecule has 0 saturated heterocycles. The highest BCUT2D eigenvalue weighted by molar-refractivity contribution is 14.1. The number of Topliss-reactive ketones (excluding diaryl/α,β-unsaturated/α-hetero) is 1. The van der Waals surface area contributed by atoms with Crippen molar-refractivity contribution in [3.63, 3.8) is 0 Å². The lowest BCUT2D eigenvalue weighted by molar-refractivity contribution is -0.123. The van der Waals surface area contributed by atoms with Crippen LogP contribution in [-0.4, -0.2) is 19.0 Å². The number of rotatable bonds is 4. The van der Waals surface area contributed by atoms with Crippen LogP contribution in [0.15, 0.2) is 9.66 Å². The van der Waals surface area contributed by atoms with Gasteiger partial charge >= 0.3 is 0 Å². The van der Waals surface area contributed by atoms with Crippen molar-refractivity contribution in [3.05, 3.63) is 9.66 Å². The Hall–Kier alpha value is 0.1000. The first-order chi connectivity index (χ1) is 5.54. The maximum absolute atomic E-state index is 11.1. The van der Waals surface area contributed by atoms with Crippen LogP contribution in [0, 0.1) is 5.92 Å². The summed E-state index contributed by atoms with van der Waals surface area (Å²) in [5.41, 5.74) is 1.10. The van der Waals surface area contributed by atoms with Crippen molar-refractivity contribution in [1.29, 1.82) is 0 Å². The first-order valence-electron chi connectivity index (χ1n) is 3.84. The number of carbonyl (C=O) groups excluding carboxylic acids is 1. The van der Waals surface area contributed by atoms with E-state index in [1.807, 2.05) is 17.9 Å². The van der Waals surface area contributed by atoms with Gasteiger partial charge in [0, 0.05) is 13.0 Å². The standard InChI is InChI=1S/C9H15IO2/c1-6(5-10)9(12-4)7(2)8(3)11/h5,7,9H,1-4H3/b6-5+/t7-,9-/m0/s1. The first kappa shape index (κ1) is 12.1. The number of hydrogen-bond donors (Lipinski definition) is 0. The molecule has 0 aliphatic carbocycles. The minimum Gasteiger partial charge on any atom is -0.376 e. The van der Waals surface area contributed by atoms with Crippen LogP contribution in [0.3, 0.4) is 0 Å². The zero-order valence-corrected chi connectivity index (χ0v) is 10.1. The highest BCUT2D eigenvalue weighted by Gasteiger charge is 2.21. The van der Waals surface area contributed by atoms with Gasteiger partial charge in [0.1, 0.15) is 5.78 Å². The maximum atomic E-state index is 11.1. The number of hydrogen-bond acceptors (Lipinski definition) is 2. The molecule has 12 heavy (non-hydrogen) atoms. The molecule has 0 aromatic rings. The van der Waals surface area contributed by atoms with E-state index in [0.717, 1.165) is 5.57 Å². The average Bonchev–Trinajstić information content (AvgIpc) is 2.05. The van der Waals surface area contributed by atoms with Crippen LogP contribution in [0.25, 0.3) is 0 Å². The van der Waals surface area contributed by atoms with Crippen LogP contribution in [0.1, 0.15) is 20.8 Å². The third-order valence-corrected chi connectivity index (χ3v) is 2.95. The number of methoxy groups -OCH3 is 1. The van der Waals surface area contributed by atoms with Crippen molar-refractivity contribution < 1.29 is 9.53 Å². The zero-order valence-electron chi connectivity index (χ0n) is 7.93. The number of ether oxygens (including phenoxy) is 1. The van der Waals surface area contributed by atoms with E-state index >= 15 is 0 Å². The molecule has 0 saturated carbocycles. The summed E-state index contributed by atoms with van der Waals surface area (Å²) in [7, 11) is 1.63. The Bertz CT molecular complexity index is 187. The highest BCUT2D eigenvalue weighted by atomic mass is 127. The molecule has 0 N–H and O–H groups in total. The molecule has 0 unspecified atom stereocenters. The number of carbonyl (C=O) groups is 1. The van der Waals surface area contributed by atoms with Crippen molar-refractivity contribution in [2.24, 2.45) is 5.92 Å². The topological polar surface area (TPSA) is 26.3 Å². The zero-order chi connectivity index (χ0) is 9.72. The molecule has 0 aromatic heterocycles. The maximum Gasteiger partial charge on any atom is 0.135 e. The molecular weight excluding hydrogens is 267 g/mol. The number of ketones is 1. The van der Waals surface area contributed by atoms with Gasteiger partial charge in [-0.15, -0.1) is 0 Å². The van der Waals surface area contributed by atoms with E-state index in [2.05, 4.69) is 22.6 Å². The summed E-state index contributed by atoms with van der Waals surface area (Å²) in [6.45, 7) is 5.46. The minimum atomic E-state index is -0.0700. The van der Waals surface area contributed by atoms with Crippen molar-refractivity contribution in [1.82, 2.24) is 0 Å². The van der Waals surface area contributed by atoms with E-state index in [1.165, 1.54) is 0 Å². The normalized spacial score (nSPS) is 17.2. The van der Waals surface area contributed by atoms with Crippen molar-refractivity contribution in [2.75, 3.05) is 7.11 Å². The van der Waals surface area contributed by atoms with Crippen LogP contribution in [0.4, 0.5) is 0 Å².